The molecule has 1 aromatic carbocycles. The highest BCUT2D eigenvalue weighted by molar-refractivity contribution is 5.50. The van der Waals surface area contributed by atoms with Crippen LogP contribution in [0.1, 0.15) is 25.3 Å². The van der Waals surface area contributed by atoms with Crippen LogP contribution in [0.4, 0.5) is 5.69 Å². The predicted molar refractivity (Wildman–Crippen MR) is 78.0 cm³/mol. The average molecular weight is 247 g/mol. The van der Waals surface area contributed by atoms with Crippen molar-refractivity contribution in [2.24, 2.45) is 0 Å². The van der Waals surface area contributed by atoms with Crippen molar-refractivity contribution >= 4 is 5.69 Å². The lowest BCUT2D eigenvalue weighted by atomic mass is 10.1. The van der Waals surface area contributed by atoms with Crippen molar-refractivity contribution in [2.45, 2.75) is 32.4 Å². The second-order valence-corrected chi connectivity index (χ2v) is 5.20. The van der Waals surface area contributed by atoms with E-state index in [4.69, 9.17) is 0 Å². The summed E-state index contributed by atoms with van der Waals surface area (Å²) in [5, 5.41) is 6.86. The summed E-state index contributed by atoms with van der Waals surface area (Å²) in [6, 6.07) is 9.03. The summed E-state index contributed by atoms with van der Waals surface area (Å²) < 4.78 is 0. The average Bonchev–Trinajstić information content (AvgIpc) is 2.89. The molecule has 1 aromatic rings. The summed E-state index contributed by atoms with van der Waals surface area (Å²) in [4.78, 5) is 2.56. The normalized spacial score (nSPS) is 17.9. The molecule has 1 atom stereocenters. The second-order valence-electron chi connectivity index (χ2n) is 5.20. The number of likely N-dealkylation sites (tertiary alicyclic amines) is 1. The van der Waals surface area contributed by atoms with Gasteiger partial charge in [-0.15, -0.1) is 0 Å². The Hall–Kier alpha value is -1.06. The highest BCUT2D eigenvalue weighted by atomic mass is 15.2. The molecule has 1 heterocycles. The van der Waals surface area contributed by atoms with Crippen LogP contribution in [0.15, 0.2) is 24.3 Å². The van der Waals surface area contributed by atoms with Gasteiger partial charge in [0.15, 0.2) is 0 Å². The molecule has 0 spiro atoms. The van der Waals surface area contributed by atoms with Crippen molar-refractivity contribution in [2.75, 3.05) is 32.0 Å². The fourth-order valence-corrected chi connectivity index (χ4v) is 2.62. The van der Waals surface area contributed by atoms with Gasteiger partial charge in [-0.05, 0) is 44.5 Å². The van der Waals surface area contributed by atoms with Gasteiger partial charge >= 0.3 is 0 Å². The number of para-hydroxylation sites is 1. The predicted octanol–water partition coefficient (Wildman–Crippen LogP) is 2.30. The largest absolute Gasteiger partial charge is 0.388 e. The van der Waals surface area contributed by atoms with Crippen molar-refractivity contribution in [1.82, 2.24) is 10.2 Å². The van der Waals surface area contributed by atoms with Gasteiger partial charge in [0.1, 0.15) is 0 Å². The molecule has 2 N–H and O–H groups in total. The summed E-state index contributed by atoms with van der Waals surface area (Å²) in [6.45, 7) is 6.94. The first-order valence-corrected chi connectivity index (χ1v) is 7.01. The third-order valence-electron chi connectivity index (χ3n) is 3.66. The Morgan fingerprint density at radius 1 is 1.22 bits per heavy atom. The Bertz CT molecular complexity index is 359. The van der Waals surface area contributed by atoms with Crippen LogP contribution in [0.25, 0.3) is 0 Å². The zero-order valence-corrected chi connectivity index (χ0v) is 11.6. The van der Waals surface area contributed by atoms with E-state index in [2.05, 4.69) is 46.7 Å². The number of nitrogens with zero attached hydrogens (tertiary/aromatic N) is 1. The zero-order chi connectivity index (χ0) is 12.8. The number of rotatable bonds is 6. The second kappa shape index (κ2) is 6.76. The van der Waals surface area contributed by atoms with E-state index >= 15 is 0 Å². The van der Waals surface area contributed by atoms with Gasteiger partial charge in [-0.25, -0.2) is 0 Å². The maximum atomic E-state index is 3.62. The van der Waals surface area contributed by atoms with Crippen LogP contribution in [-0.2, 0) is 6.54 Å². The molecule has 0 saturated carbocycles. The summed E-state index contributed by atoms with van der Waals surface area (Å²) in [7, 11) is 1.98. The quantitative estimate of drug-likeness (QED) is 0.808. The van der Waals surface area contributed by atoms with Crippen LogP contribution in [0, 0.1) is 0 Å². The monoisotopic (exact) mass is 247 g/mol. The van der Waals surface area contributed by atoms with Gasteiger partial charge < -0.3 is 15.5 Å². The first kappa shape index (κ1) is 13.4. The fourth-order valence-electron chi connectivity index (χ4n) is 2.62. The summed E-state index contributed by atoms with van der Waals surface area (Å²) in [5.41, 5.74) is 2.56. The molecule has 1 saturated heterocycles. The number of hydrogen-bond donors (Lipinski definition) is 2. The van der Waals surface area contributed by atoms with Crippen molar-refractivity contribution < 1.29 is 0 Å². The molecular weight excluding hydrogens is 222 g/mol. The van der Waals surface area contributed by atoms with E-state index in [0.29, 0.717) is 6.04 Å². The maximum absolute atomic E-state index is 3.62. The molecule has 1 aliphatic heterocycles. The van der Waals surface area contributed by atoms with Crippen molar-refractivity contribution in [1.29, 1.82) is 0 Å². The minimum absolute atomic E-state index is 0.549. The van der Waals surface area contributed by atoms with Crippen LogP contribution in [0.5, 0.6) is 0 Å². The number of hydrogen-bond acceptors (Lipinski definition) is 3. The van der Waals surface area contributed by atoms with Crippen LogP contribution < -0.4 is 10.6 Å². The molecule has 0 amide bonds. The molecule has 0 radical (unpaired) electrons. The van der Waals surface area contributed by atoms with Gasteiger partial charge in [0, 0.05) is 31.9 Å². The third-order valence-corrected chi connectivity index (χ3v) is 3.66. The highest BCUT2D eigenvalue weighted by Crippen LogP contribution is 2.14. The van der Waals surface area contributed by atoms with Gasteiger partial charge in [0.2, 0.25) is 0 Å². The molecule has 100 valence electrons. The molecule has 0 aromatic heterocycles. The Morgan fingerprint density at radius 2 is 1.94 bits per heavy atom. The number of anilines is 1. The Labute approximate surface area is 111 Å². The van der Waals surface area contributed by atoms with Crippen LogP contribution in [0.3, 0.4) is 0 Å². The molecule has 1 fully saturated rings. The molecule has 18 heavy (non-hydrogen) atoms. The molecule has 3 heteroatoms. The lowest BCUT2D eigenvalue weighted by molar-refractivity contribution is 0.298. The van der Waals surface area contributed by atoms with E-state index in [0.717, 1.165) is 6.54 Å². The van der Waals surface area contributed by atoms with Gasteiger partial charge in [-0.2, -0.15) is 0 Å². The van der Waals surface area contributed by atoms with Gasteiger partial charge in [0.25, 0.3) is 0 Å². The van der Waals surface area contributed by atoms with E-state index in [1.54, 1.807) is 0 Å². The van der Waals surface area contributed by atoms with Crippen molar-refractivity contribution in [3.05, 3.63) is 29.8 Å². The highest BCUT2D eigenvalue weighted by Gasteiger charge is 2.14. The topological polar surface area (TPSA) is 27.3 Å². The van der Waals surface area contributed by atoms with Crippen LogP contribution in [-0.4, -0.2) is 37.6 Å². The summed E-state index contributed by atoms with van der Waals surface area (Å²) >= 11 is 0. The Kier molecular flexibility index (Phi) is 5.02. The van der Waals surface area contributed by atoms with Gasteiger partial charge in [0.05, 0.1) is 0 Å². The number of nitrogens with one attached hydrogen (secondary N) is 2. The third kappa shape index (κ3) is 3.72. The first-order chi connectivity index (χ1) is 8.79. The van der Waals surface area contributed by atoms with E-state index in [1.807, 2.05) is 7.05 Å². The van der Waals surface area contributed by atoms with E-state index in [9.17, 15) is 0 Å². The number of benzene rings is 1. The van der Waals surface area contributed by atoms with Crippen molar-refractivity contribution in [3.63, 3.8) is 0 Å². The lowest BCUT2D eigenvalue weighted by Crippen LogP contribution is -2.37. The van der Waals surface area contributed by atoms with E-state index in [-0.39, 0.29) is 0 Å². The molecule has 0 aliphatic carbocycles. The SMILES string of the molecule is CNc1ccccc1CNC(C)CN1CCCC1. The summed E-state index contributed by atoms with van der Waals surface area (Å²) in [6.07, 6.45) is 2.74. The smallest absolute Gasteiger partial charge is 0.0383 e. The molecule has 2 rings (SSSR count). The summed E-state index contributed by atoms with van der Waals surface area (Å²) in [5.74, 6) is 0. The Balaban J connectivity index is 1.79. The first-order valence-electron chi connectivity index (χ1n) is 7.01. The van der Waals surface area contributed by atoms with Gasteiger partial charge in [-0.1, -0.05) is 18.2 Å². The molecule has 1 unspecified atom stereocenters. The fraction of sp³-hybridized carbons (Fsp3) is 0.600. The van der Waals surface area contributed by atoms with E-state index < -0.39 is 0 Å². The maximum Gasteiger partial charge on any atom is 0.0383 e. The minimum atomic E-state index is 0.549. The Morgan fingerprint density at radius 3 is 2.67 bits per heavy atom. The van der Waals surface area contributed by atoms with Crippen LogP contribution in [0.2, 0.25) is 0 Å². The van der Waals surface area contributed by atoms with Crippen LogP contribution >= 0.6 is 0 Å². The molecule has 3 nitrogen and oxygen atoms in total. The molecule has 0 bridgehead atoms. The standard InChI is InChI=1S/C15H25N3/c1-13(12-18-9-5-6-10-18)17-11-14-7-3-4-8-15(14)16-2/h3-4,7-8,13,16-17H,5-6,9-12H2,1-2H3. The zero-order valence-electron chi connectivity index (χ0n) is 11.6. The minimum Gasteiger partial charge on any atom is -0.388 e. The lowest BCUT2D eigenvalue weighted by Gasteiger charge is -2.21. The molecular formula is C15H25N3. The van der Waals surface area contributed by atoms with Crippen molar-refractivity contribution in [3.8, 4) is 0 Å². The van der Waals surface area contributed by atoms with E-state index in [1.165, 1.54) is 43.7 Å². The molecule has 1 aliphatic rings. The van der Waals surface area contributed by atoms with Gasteiger partial charge in [-0.3, -0.25) is 0 Å².